The Morgan fingerprint density at radius 1 is 1.18 bits per heavy atom. The fraction of sp³-hybridized carbons (Fsp3) is 0. The van der Waals surface area contributed by atoms with Gasteiger partial charge in [-0.15, -0.1) is 0 Å². The smallest absolute Gasteiger partial charge is 0.323 e. The van der Waals surface area contributed by atoms with Gasteiger partial charge in [-0.1, -0.05) is 11.6 Å². The molecule has 1 N–H and O–H groups in total. The van der Waals surface area contributed by atoms with Crippen LogP contribution in [-0.2, 0) is 0 Å². The minimum Gasteiger partial charge on any atom is -0.424 e. The van der Waals surface area contributed by atoms with E-state index in [0.29, 0.717) is 10.9 Å². The van der Waals surface area contributed by atoms with Crippen molar-refractivity contribution in [2.45, 2.75) is 0 Å². The zero-order chi connectivity index (χ0) is 11.7. The molecule has 2 aromatic heterocycles. The van der Waals surface area contributed by atoms with Crippen LogP contribution in [0, 0.1) is 0 Å². The number of benzene rings is 1. The molecular weight excluding hydrogens is 238 g/mol. The summed E-state index contributed by atoms with van der Waals surface area (Å²) in [6.45, 7) is 0. The standard InChI is InChI=1S/C12H8ClN3O/c13-11-4-6-15-12(16-11)17-9-1-2-10-8(7-9)3-5-14-10/h1-7,14H. The second-order valence-electron chi connectivity index (χ2n) is 3.49. The highest BCUT2D eigenvalue weighted by Gasteiger charge is 2.02. The second-order valence-corrected chi connectivity index (χ2v) is 3.88. The summed E-state index contributed by atoms with van der Waals surface area (Å²) in [5, 5.41) is 1.43. The molecule has 0 saturated carbocycles. The normalized spacial score (nSPS) is 10.6. The SMILES string of the molecule is Clc1ccnc(Oc2ccc3[nH]ccc3c2)n1. The van der Waals surface area contributed by atoms with Crippen LogP contribution < -0.4 is 4.74 Å². The highest BCUT2D eigenvalue weighted by atomic mass is 35.5. The first kappa shape index (κ1) is 10.1. The van der Waals surface area contributed by atoms with Gasteiger partial charge in [0, 0.05) is 23.3 Å². The van der Waals surface area contributed by atoms with Crippen LogP contribution in [-0.4, -0.2) is 15.0 Å². The van der Waals surface area contributed by atoms with Crippen LogP contribution in [0.15, 0.2) is 42.7 Å². The van der Waals surface area contributed by atoms with E-state index < -0.39 is 0 Å². The minimum absolute atomic E-state index is 0.243. The molecule has 3 aromatic rings. The molecule has 5 heteroatoms. The Hall–Kier alpha value is -2.07. The van der Waals surface area contributed by atoms with E-state index in [4.69, 9.17) is 16.3 Å². The number of ether oxygens (including phenoxy) is 1. The molecule has 17 heavy (non-hydrogen) atoms. The first-order valence-electron chi connectivity index (χ1n) is 5.05. The van der Waals surface area contributed by atoms with E-state index in [9.17, 15) is 0 Å². The molecule has 0 radical (unpaired) electrons. The van der Waals surface area contributed by atoms with Gasteiger partial charge in [0.15, 0.2) is 0 Å². The molecule has 0 aliphatic carbocycles. The molecule has 2 heterocycles. The van der Waals surface area contributed by atoms with Crippen LogP contribution in [0.1, 0.15) is 0 Å². The first-order valence-corrected chi connectivity index (χ1v) is 5.42. The highest BCUT2D eigenvalue weighted by Crippen LogP contribution is 2.23. The van der Waals surface area contributed by atoms with Gasteiger partial charge in [0.2, 0.25) is 0 Å². The molecule has 0 atom stereocenters. The molecular formula is C12H8ClN3O. The summed E-state index contributed by atoms with van der Waals surface area (Å²) in [7, 11) is 0. The molecule has 0 unspecified atom stereocenters. The number of nitrogens with one attached hydrogen (secondary N) is 1. The van der Waals surface area contributed by atoms with Crippen molar-refractivity contribution in [3.63, 3.8) is 0 Å². The lowest BCUT2D eigenvalue weighted by Crippen LogP contribution is -1.90. The third-order valence-electron chi connectivity index (χ3n) is 2.33. The largest absolute Gasteiger partial charge is 0.424 e. The zero-order valence-electron chi connectivity index (χ0n) is 8.72. The lowest BCUT2D eigenvalue weighted by Gasteiger charge is -2.03. The number of rotatable bonds is 2. The van der Waals surface area contributed by atoms with Crippen molar-refractivity contribution in [3.05, 3.63) is 47.9 Å². The number of hydrogen-bond acceptors (Lipinski definition) is 3. The van der Waals surface area contributed by atoms with Crippen LogP contribution in [0.4, 0.5) is 0 Å². The number of halogens is 1. The summed E-state index contributed by atoms with van der Waals surface area (Å²) in [5.41, 5.74) is 1.06. The molecule has 0 aliphatic heterocycles. The lowest BCUT2D eigenvalue weighted by atomic mass is 10.2. The predicted octanol–water partition coefficient (Wildman–Crippen LogP) is 3.40. The van der Waals surface area contributed by atoms with Crippen molar-refractivity contribution >= 4 is 22.5 Å². The van der Waals surface area contributed by atoms with E-state index in [1.165, 1.54) is 0 Å². The van der Waals surface area contributed by atoms with E-state index in [2.05, 4.69) is 15.0 Å². The average Bonchev–Trinajstić information content (AvgIpc) is 2.76. The van der Waals surface area contributed by atoms with Crippen molar-refractivity contribution in [1.29, 1.82) is 0 Å². The van der Waals surface area contributed by atoms with Crippen LogP contribution in [0.25, 0.3) is 10.9 Å². The predicted molar refractivity (Wildman–Crippen MR) is 65.4 cm³/mol. The van der Waals surface area contributed by atoms with Gasteiger partial charge >= 0.3 is 6.01 Å². The summed E-state index contributed by atoms with van der Waals surface area (Å²) < 4.78 is 5.52. The van der Waals surface area contributed by atoms with Gasteiger partial charge in [0.05, 0.1) is 0 Å². The molecule has 0 saturated heterocycles. The van der Waals surface area contributed by atoms with Gasteiger partial charge in [0.25, 0.3) is 0 Å². The monoisotopic (exact) mass is 245 g/mol. The van der Waals surface area contributed by atoms with Gasteiger partial charge < -0.3 is 9.72 Å². The zero-order valence-corrected chi connectivity index (χ0v) is 9.48. The van der Waals surface area contributed by atoms with E-state index in [1.807, 2.05) is 30.5 Å². The van der Waals surface area contributed by atoms with Crippen LogP contribution in [0.5, 0.6) is 11.8 Å². The van der Waals surface area contributed by atoms with Gasteiger partial charge in [-0.05, 0) is 30.3 Å². The van der Waals surface area contributed by atoms with Crippen molar-refractivity contribution < 1.29 is 4.74 Å². The molecule has 0 bridgehead atoms. The molecule has 0 fully saturated rings. The fourth-order valence-electron chi connectivity index (χ4n) is 1.57. The number of hydrogen-bond donors (Lipinski definition) is 1. The van der Waals surface area contributed by atoms with Gasteiger partial charge in [-0.25, -0.2) is 4.98 Å². The Morgan fingerprint density at radius 3 is 3.00 bits per heavy atom. The first-order chi connectivity index (χ1) is 8.31. The Labute approximate surface area is 102 Å². The molecule has 0 aliphatic rings. The van der Waals surface area contributed by atoms with Gasteiger partial charge in [-0.2, -0.15) is 4.98 Å². The molecule has 1 aromatic carbocycles. The third kappa shape index (κ3) is 2.07. The number of fused-ring (bicyclic) bond motifs is 1. The molecule has 84 valence electrons. The molecule has 3 rings (SSSR count). The Kier molecular flexibility index (Phi) is 2.42. The van der Waals surface area contributed by atoms with Crippen LogP contribution in [0.3, 0.4) is 0 Å². The van der Waals surface area contributed by atoms with Crippen LogP contribution >= 0.6 is 11.6 Å². The fourth-order valence-corrected chi connectivity index (χ4v) is 1.70. The lowest BCUT2D eigenvalue weighted by molar-refractivity contribution is 0.442. The summed E-state index contributed by atoms with van der Waals surface area (Å²) in [6, 6.07) is 9.52. The third-order valence-corrected chi connectivity index (χ3v) is 2.54. The summed E-state index contributed by atoms with van der Waals surface area (Å²) in [4.78, 5) is 11.0. The Balaban J connectivity index is 1.94. The Morgan fingerprint density at radius 2 is 2.12 bits per heavy atom. The number of aromatic amines is 1. The molecule has 0 spiro atoms. The van der Waals surface area contributed by atoms with Crippen LogP contribution in [0.2, 0.25) is 5.15 Å². The maximum Gasteiger partial charge on any atom is 0.323 e. The van der Waals surface area contributed by atoms with Gasteiger partial charge in [0.1, 0.15) is 10.9 Å². The number of nitrogens with zero attached hydrogens (tertiary/aromatic N) is 2. The minimum atomic E-state index is 0.243. The summed E-state index contributed by atoms with van der Waals surface area (Å²) in [6.07, 6.45) is 3.43. The van der Waals surface area contributed by atoms with Crippen molar-refractivity contribution in [2.75, 3.05) is 0 Å². The van der Waals surface area contributed by atoms with Crippen molar-refractivity contribution in [2.24, 2.45) is 0 Å². The van der Waals surface area contributed by atoms with E-state index in [-0.39, 0.29) is 6.01 Å². The van der Waals surface area contributed by atoms with Crippen molar-refractivity contribution in [1.82, 2.24) is 15.0 Å². The molecule has 0 amide bonds. The topological polar surface area (TPSA) is 50.8 Å². The van der Waals surface area contributed by atoms with E-state index in [0.717, 1.165) is 10.9 Å². The second kappa shape index (κ2) is 4.07. The number of aromatic nitrogens is 3. The quantitative estimate of drug-likeness (QED) is 0.704. The van der Waals surface area contributed by atoms with Gasteiger partial charge in [-0.3, -0.25) is 0 Å². The van der Waals surface area contributed by atoms with E-state index in [1.54, 1.807) is 12.3 Å². The maximum atomic E-state index is 5.75. The molecule has 4 nitrogen and oxygen atoms in total. The summed E-state index contributed by atoms with van der Waals surface area (Å²) >= 11 is 5.75. The van der Waals surface area contributed by atoms with Crippen molar-refractivity contribution in [3.8, 4) is 11.8 Å². The van der Waals surface area contributed by atoms with E-state index >= 15 is 0 Å². The Bertz CT molecular complexity index is 665. The summed E-state index contributed by atoms with van der Waals surface area (Å²) in [5.74, 6) is 0.680. The highest BCUT2D eigenvalue weighted by molar-refractivity contribution is 6.29. The number of H-pyrrole nitrogens is 1. The maximum absolute atomic E-state index is 5.75. The average molecular weight is 246 g/mol.